The molecule has 0 bridgehead atoms. The van der Waals surface area contributed by atoms with E-state index in [2.05, 4.69) is 29.4 Å². The topological polar surface area (TPSA) is 81.0 Å². The number of nitrogens with zero attached hydrogens (tertiary/aromatic N) is 3. The normalized spacial score (nSPS) is 11.0. The molecule has 0 saturated carbocycles. The van der Waals surface area contributed by atoms with Crippen LogP contribution in [0.25, 0.3) is 10.6 Å². The quantitative estimate of drug-likeness (QED) is 0.655. The predicted octanol–water partition coefficient (Wildman–Crippen LogP) is 3.17. The van der Waals surface area contributed by atoms with E-state index in [4.69, 9.17) is 0 Å². The highest BCUT2D eigenvalue weighted by Gasteiger charge is 2.21. The first-order chi connectivity index (χ1) is 9.99. The Balaban J connectivity index is 2.22. The van der Waals surface area contributed by atoms with Crippen molar-refractivity contribution in [2.45, 2.75) is 27.3 Å². The van der Waals surface area contributed by atoms with E-state index in [1.165, 1.54) is 11.3 Å². The molecule has 2 aromatic rings. The summed E-state index contributed by atoms with van der Waals surface area (Å²) in [5, 5.41) is 24.1. The summed E-state index contributed by atoms with van der Waals surface area (Å²) in [5.41, 5.74) is 1.27. The largest absolute Gasteiger partial charge is 0.310 e. The highest BCUT2D eigenvalue weighted by atomic mass is 32.1. The van der Waals surface area contributed by atoms with Gasteiger partial charge in [-0.2, -0.15) is 0 Å². The van der Waals surface area contributed by atoms with E-state index < -0.39 is 0 Å². The van der Waals surface area contributed by atoms with Crippen molar-refractivity contribution in [2.75, 3.05) is 6.54 Å². The molecule has 0 unspecified atom stereocenters. The zero-order valence-electron chi connectivity index (χ0n) is 12.3. The van der Waals surface area contributed by atoms with Gasteiger partial charge in [0.15, 0.2) is 5.01 Å². The number of aromatic nitrogens is 2. The van der Waals surface area contributed by atoms with E-state index in [0.29, 0.717) is 28.6 Å². The van der Waals surface area contributed by atoms with Crippen LogP contribution < -0.4 is 5.32 Å². The number of benzene rings is 1. The van der Waals surface area contributed by atoms with Gasteiger partial charge >= 0.3 is 0 Å². The summed E-state index contributed by atoms with van der Waals surface area (Å²) in [6.45, 7) is 7.53. The molecule has 21 heavy (non-hydrogen) atoms. The summed E-state index contributed by atoms with van der Waals surface area (Å²) in [4.78, 5) is 10.9. The zero-order valence-corrected chi connectivity index (χ0v) is 13.1. The van der Waals surface area contributed by atoms with Gasteiger partial charge in [-0.05, 0) is 25.5 Å². The van der Waals surface area contributed by atoms with Gasteiger partial charge < -0.3 is 5.32 Å². The molecule has 0 aliphatic carbocycles. The fourth-order valence-corrected chi connectivity index (χ4v) is 2.81. The van der Waals surface area contributed by atoms with Crippen molar-refractivity contribution in [1.29, 1.82) is 0 Å². The van der Waals surface area contributed by atoms with Gasteiger partial charge in [0.05, 0.1) is 10.5 Å². The zero-order chi connectivity index (χ0) is 15.4. The molecule has 0 aliphatic rings. The molecule has 0 amide bonds. The van der Waals surface area contributed by atoms with Gasteiger partial charge in [0.25, 0.3) is 5.69 Å². The van der Waals surface area contributed by atoms with Gasteiger partial charge in [-0.15, -0.1) is 10.2 Å². The summed E-state index contributed by atoms with van der Waals surface area (Å²) in [6.07, 6.45) is 0. The summed E-state index contributed by atoms with van der Waals surface area (Å²) < 4.78 is 0. The van der Waals surface area contributed by atoms with Crippen molar-refractivity contribution in [3.05, 3.63) is 38.9 Å². The minimum atomic E-state index is -0.358. The number of nitrogens with one attached hydrogen (secondary N) is 1. The first-order valence-corrected chi connectivity index (χ1v) is 7.58. The maximum Gasteiger partial charge on any atom is 0.282 e. The SMILES string of the molecule is Cc1cccc(-c2nnc(CNCC(C)C)s2)c1[N+](=O)[O-]. The highest BCUT2D eigenvalue weighted by Crippen LogP contribution is 2.34. The van der Waals surface area contributed by atoms with Crippen LogP contribution in [-0.4, -0.2) is 21.7 Å². The van der Waals surface area contributed by atoms with Gasteiger partial charge in [-0.1, -0.05) is 37.3 Å². The lowest BCUT2D eigenvalue weighted by atomic mass is 10.1. The smallest absolute Gasteiger partial charge is 0.282 e. The van der Waals surface area contributed by atoms with Crippen molar-refractivity contribution in [2.24, 2.45) is 5.92 Å². The van der Waals surface area contributed by atoms with Crippen LogP contribution in [-0.2, 0) is 6.54 Å². The molecule has 1 heterocycles. The first-order valence-electron chi connectivity index (χ1n) is 6.76. The summed E-state index contributed by atoms with van der Waals surface area (Å²) in [6, 6.07) is 5.25. The van der Waals surface area contributed by atoms with Crippen LogP contribution >= 0.6 is 11.3 Å². The Bertz CT molecular complexity index is 640. The summed E-state index contributed by atoms with van der Waals surface area (Å²) >= 11 is 1.39. The van der Waals surface area contributed by atoms with Gasteiger partial charge in [-0.3, -0.25) is 10.1 Å². The van der Waals surface area contributed by atoms with Crippen LogP contribution in [0, 0.1) is 23.0 Å². The third-order valence-corrected chi connectivity index (χ3v) is 3.90. The Hall–Kier alpha value is -1.86. The van der Waals surface area contributed by atoms with Crippen LogP contribution in [0.1, 0.15) is 24.4 Å². The Morgan fingerprint density at radius 2 is 2.14 bits per heavy atom. The van der Waals surface area contributed by atoms with E-state index in [-0.39, 0.29) is 10.6 Å². The molecule has 0 aliphatic heterocycles. The lowest BCUT2D eigenvalue weighted by molar-refractivity contribution is -0.384. The van der Waals surface area contributed by atoms with Gasteiger partial charge in [-0.25, -0.2) is 0 Å². The Kier molecular flexibility index (Phi) is 4.98. The third-order valence-electron chi connectivity index (χ3n) is 2.95. The second kappa shape index (κ2) is 6.73. The molecule has 1 aromatic carbocycles. The lowest BCUT2D eigenvalue weighted by Crippen LogP contribution is -2.18. The molecule has 7 heteroatoms. The van der Waals surface area contributed by atoms with Crippen molar-refractivity contribution in [3.8, 4) is 10.6 Å². The minimum Gasteiger partial charge on any atom is -0.310 e. The molecule has 112 valence electrons. The van der Waals surface area contributed by atoms with E-state index in [0.717, 1.165) is 11.6 Å². The van der Waals surface area contributed by atoms with Gasteiger partial charge in [0.1, 0.15) is 5.01 Å². The average Bonchev–Trinajstić information content (AvgIpc) is 2.86. The van der Waals surface area contributed by atoms with Crippen molar-refractivity contribution in [1.82, 2.24) is 15.5 Å². The number of nitro benzene ring substituents is 1. The van der Waals surface area contributed by atoms with E-state index in [9.17, 15) is 10.1 Å². The predicted molar refractivity (Wildman–Crippen MR) is 83.3 cm³/mol. The Morgan fingerprint density at radius 3 is 2.81 bits per heavy atom. The molecule has 0 saturated heterocycles. The highest BCUT2D eigenvalue weighted by molar-refractivity contribution is 7.14. The number of nitro groups is 1. The molecule has 6 nitrogen and oxygen atoms in total. The van der Waals surface area contributed by atoms with E-state index in [1.807, 2.05) is 0 Å². The lowest BCUT2D eigenvalue weighted by Gasteiger charge is -2.04. The molecule has 1 N–H and O–H groups in total. The number of hydrogen-bond donors (Lipinski definition) is 1. The molecule has 0 atom stereocenters. The van der Waals surface area contributed by atoms with Crippen molar-refractivity contribution in [3.63, 3.8) is 0 Å². The van der Waals surface area contributed by atoms with Crippen LogP contribution in [0.5, 0.6) is 0 Å². The fourth-order valence-electron chi connectivity index (χ4n) is 1.98. The molecular formula is C14H18N4O2S. The summed E-state index contributed by atoms with van der Waals surface area (Å²) in [5.74, 6) is 0.565. The second-order valence-corrected chi connectivity index (χ2v) is 6.32. The van der Waals surface area contributed by atoms with Crippen LogP contribution in [0.2, 0.25) is 0 Å². The monoisotopic (exact) mass is 306 g/mol. The second-order valence-electron chi connectivity index (χ2n) is 5.25. The number of hydrogen-bond acceptors (Lipinski definition) is 6. The Labute approximate surface area is 127 Å². The Morgan fingerprint density at radius 1 is 1.38 bits per heavy atom. The van der Waals surface area contributed by atoms with Crippen LogP contribution in [0.4, 0.5) is 5.69 Å². The van der Waals surface area contributed by atoms with Gasteiger partial charge in [0, 0.05) is 12.1 Å². The minimum absolute atomic E-state index is 0.107. The fraction of sp³-hybridized carbons (Fsp3) is 0.429. The van der Waals surface area contributed by atoms with Crippen LogP contribution in [0.15, 0.2) is 18.2 Å². The molecule has 0 fully saturated rings. The third kappa shape index (κ3) is 3.83. The van der Waals surface area contributed by atoms with E-state index >= 15 is 0 Å². The molecule has 0 spiro atoms. The number of rotatable bonds is 6. The van der Waals surface area contributed by atoms with Crippen molar-refractivity contribution >= 4 is 17.0 Å². The standard InChI is InChI=1S/C14H18N4O2S/c1-9(2)7-15-8-12-16-17-14(21-12)11-6-4-5-10(3)13(11)18(19)20/h4-6,9,15H,7-8H2,1-3H3. The maximum absolute atomic E-state index is 11.2. The summed E-state index contributed by atoms with van der Waals surface area (Å²) in [7, 11) is 0. The van der Waals surface area contributed by atoms with Crippen LogP contribution in [0.3, 0.4) is 0 Å². The average molecular weight is 306 g/mol. The number of para-hydroxylation sites is 1. The van der Waals surface area contributed by atoms with E-state index in [1.54, 1.807) is 25.1 Å². The van der Waals surface area contributed by atoms with Gasteiger partial charge in [0.2, 0.25) is 0 Å². The van der Waals surface area contributed by atoms with Crippen molar-refractivity contribution < 1.29 is 4.92 Å². The maximum atomic E-state index is 11.2. The molecular weight excluding hydrogens is 288 g/mol. The molecule has 1 aromatic heterocycles. The first kappa shape index (κ1) is 15.5. The molecule has 0 radical (unpaired) electrons. The molecule has 2 rings (SSSR count). The number of aryl methyl sites for hydroxylation is 1.